The number of oxazole rings is 2. The van der Waals surface area contributed by atoms with Crippen LogP contribution >= 0.6 is 0 Å². The van der Waals surface area contributed by atoms with Crippen LogP contribution in [0.15, 0.2) is 45.2 Å². The fourth-order valence-corrected chi connectivity index (χ4v) is 2.45. The second kappa shape index (κ2) is 6.51. The molecule has 0 aliphatic carbocycles. The van der Waals surface area contributed by atoms with Crippen LogP contribution < -0.4 is 10.6 Å². The van der Waals surface area contributed by atoms with Crippen molar-refractivity contribution in [3.8, 4) is 0 Å². The van der Waals surface area contributed by atoms with E-state index in [1.807, 2.05) is 0 Å². The van der Waals surface area contributed by atoms with Crippen molar-refractivity contribution in [1.29, 1.82) is 0 Å². The zero-order valence-electron chi connectivity index (χ0n) is 13.8. The first-order valence-corrected chi connectivity index (χ1v) is 7.85. The minimum absolute atomic E-state index is 0.00561. The lowest BCUT2D eigenvalue weighted by Crippen LogP contribution is -2.33. The Bertz CT molecular complexity index is 1180. The van der Waals surface area contributed by atoms with E-state index in [0.717, 1.165) is 0 Å². The molecule has 2 N–H and O–H groups in total. The summed E-state index contributed by atoms with van der Waals surface area (Å²) in [6.07, 6.45) is -4.51. The lowest BCUT2D eigenvalue weighted by molar-refractivity contribution is -0.123. The van der Waals surface area contributed by atoms with E-state index >= 15 is 0 Å². The number of rotatable bonds is 4. The van der Waals surface area contributed by atoms with Crippen molar-refractivity contribution in [3.05, 3.63) is 47.8 Å². The quantitative estimate of drug-likeness (QED) is 0.506. The van der Waals surface area contributed by atoms with E-state index in [9.17, 15) is 22.4 Å². The summed E-state index contributed by atoms with van der Waals surface area (Å²) >= 11 is 0. The zero-order chi connectivity index (χ0) is 19.9. The smallest absolute Gasteiger partial charge is 0.405 e. The van der Waals surface area contributed by atoms with Gasteiger partial charge in [-0.1, -0.05) is 0 Å². The molecule has 144 valence electrons. The summed E-state index contributed by atoms with van der Waals surface area (Å²) in [5.74, 6) is -1.36. The minimum atomic E-state index is -4.51. The van der Waals surface area contributed by atoms with E-state index in [4.69, 9.17) is 8.83 Å². The highest BCUT2D eigenvalue weighted by atomic mass is 19.4. The first kappa shape index (κ1) is 17.8. The van der Waals surface area contributed by atoms with E-state index in [-0.39, 0.29) is 28.7 Å². The number of alkyl halides is 3. The summed E-state index contributed by atoms with van der Waals surface area (Å²) in [5.41, 5.74) is 1.17. The third-order valence-corrected chi connectivity index (χ3v) is 3.66. The number of nitrogens with zero attached hydrogens (tertiary/aromatic N) is 2. The van der Waals surface area contributed by atoms with E-state index in [0.29, 0.717) is 11.1 Å². The molecule has 0 bridgehead atoms. The molecule has 0 saturated carbocycles. The Hall–Kier alpha value is -3.63. The summed E-state index contributed by atoms with van der Waals surface area (Å²) in [4.78, 5) is 20.0. The van der Waals surface area contributed by atoms with Crippen molar-refractivity contribution in [2.75, 3.05) is 11.9 Å². The largest absolute Gasteiger partial charge is 0.423 e. The molecular weight excluding hydrogens is 384 g/mol. The Morgan fingerprint density at radius 2 is 1.57 bits per heavy atom. The number of fused-ring (bicyclic) bond motifs is 2. The lowest BCUT2D eigenvalue weighted by atomic mass is 10.2. The molecule has 0 atom stereocenters. The van der Waals surface area contributed by atoms with E-state index in [1.165, 1.54) is 36.4 Å². The molecule has 0 saturated heterocycles. The summed E-state index contributed by atoms with van der Waals surface area (Å²) in [6, 6.07) is 7.83. The third kappa shape index (κ3) is 3.72. The predicted molar refractivity (Wildman–Crippen MR) is 89.6 cm³/mol. The number of nitrogens with one attached hydrogen (secondary N) is 2. The van der Waals surface area contributed by atoms with Crippen molar-refractivity contribution < 1.29 is 31.2 Å². The van der Waals surface area contributed by atoms with E-state index < -0.39 is 24.4 Å². The first-order valence-electron chi connectivity index (χ1n) is 7.85. The van der Waals surface area contributed by atoms with Crippen molar-refractivity contribution in [2.45, 2.75) is 6.18 Å². The molecule has 0 spiro atoms. The summed E-state index contributed by atoms with van der Waals surface area (Å²) in [6.45, 7) is -1.44. The van der Waals surface area contributed by atoms with Gasteiger partial charge in [-0.25, -0.2) is 4.39 Å². The van der Waals surface area contributed by atoms with Gasteiger partial charge in [0.05, 0.1) is 0 Å². The molecule has 2 heterocycles. The molecule has 28 heavy (non-hydrogen) atoms. The maximum Gasteiger partial charge on any atom is 0.405 e. The van der Waals surface area contributed by atoms with E-state index in [2.05, 4.69) is 15.3 Å². The maximum atomic E-state index is 13.2. The van der Waals surface area contributed by atoms with Crippen molar-refractivity contribution in [1.82, 2.24) is 15.3 Å². The Labute approximate surface area is 153 Å². The van der Waals surface area contributed by atoms with Crippen LogP contribution in [-0.2, 0) is 0 Å². The molecule has 2 aromatic carbocycles. The number of amides is 1. The minimum Gasteiger partial charge on any atom is -0.423 e. The zero-order valence-corrected chi connectivity index (χ0v) is 13.8. The number of carbonyl (C=O) groups is 1. The molecule has 0 radical (unpaired) electrons. The highest BCUT2D eigenvalue weighted by Crippen LogP contribution is 2.25. The van der Waals surface area contributed by atoms with Gasteiger partial charge in [0.2, 0.25) is 0 Å². The molecule has 4 rings (SSSR count). The molecule has 1 amide bonds. The van der Waals surface area contributed by atoms with Gasteiger partial charge in [-0.15, -0.1) is 0 Å². The number of hydrogen-bond acceptors (Lipinski definition) is 6. The van der Waals surface area contributed by atoms with Gasteiger partial charge in [-0.2, -0.15) is 23.1 Å². The van der Waals surface area contributed by atoms with Crippen LogP contribution in [0.3, 0.4) is 0 Å². The number of carbonyl (C=O) groups excluding carboxylic acids is 1. The Kier molecular flexibility index (Phi) is 4.13. The summed E-state index contributed by atoms with van der Waals surface area (Å²) < 4.78 is 60.7. The highest BCUT2D eigenvalue weighted by molar-refractivity contribution is 5.97. The average Bonchev–Trinajstić information content (AvgIpc) is 3.20. The molecule has 2 aromatic heterocycles. The second-order valence-electron chi connectivity index (χ2n) is 5.76. The van der Waals surface area contributed by atoms with Crippen LogP contribution in [0.5, 0.6) is 0 Å². The van der Waals surface area contributed by atoms with Gasteiger partial charge >= 0.3 is 18.2 Å². The topological polar surface area (TPSA) is 93.2 Å². The van der Waals surface area contributed by atoms with Gasteiger partial charge in [0.1, 0.15) is 23.4 Å². The van der Waals surface area contributed by atoms with Crippen LogP contribution in [0.4, 0.5) is 29.6 Å². The van der Waals surface area contributed by atoms with Crippen LogP contribution in [-0.4, -0.2) is 28.6 Å². The van der Waals surface area contributed by atoms with Gasteiger partial charge in [-0.05, 0) is 30.3 Å². The van der Waals surface area contributed by atoms with Crippen LogP contribution in [0.2, 0.25) is 0 Å². The SMILES string of the molecule is O=C(NCC(F)(F)F)c1ccc2oc(Nc3nc4cc(F)ccc4o3)nc2c1. The van der Waals surface area contributed by atoms with Gasteiger partial charge in [-0.3, -0.25) is 10.1 Å². The van der Waals surface area contributed by atoms with Crippen LogP contribution in [0, 0.1) is 5.82 Å². The summed E-state index contributed by atoms with van der Waals surface area (Å²) in [7, 11) is 0. The van der Waals surface area contributed by atoms with Crippen LogP contribution in [0.1, 0.15) is 10.4 Å². The molecule has 0 aliphatic rings. The van der Waals surface area contributed by atoms with Crippen molar-refractivity contribution in [2.24, 2.45) is 0 Å². The van der Waals surface area contributed by atoms with Gasteiger partial charge in [0, 0.05) is 11.6 Å². The third-order valence-electron chi connectivity index (χ3n) is 3.66. The standard InChI is InChI=1S/C17H10F4N4O3/c18-9-2-4-13-11(6-9)24-16(28-13)25-15-23-10-5-8(1-3-12(10)27-15)14(26)22-7-17(19,20)21/h1-6H,7H2,(H,22,26)(H,23,24,25). The molecule has 0 aliphatic heterocycles. The molecular formula is C17H10F4N4O3. The fraction of sp³-hybridized carbons (Fsp3) is 0.118. The number of benzene rings is 2. The normalized spacial score (nSPS) is 11.9. The van der Waals surface area contributed by atoms with Gasteiger partial charge < -0.3 is 14.2 Å². The molecule has 11 heteroatoms. The number of halogens is 4. The van der Waals surface area contributed by atoms with E-state index in [1.54, 1.807) is 5.32 Å². The average molecular weight is 394 g/mol. The predicted octanol–water partition coefficient (Wildman–Crippen LogP) is 4.14. The van der Waals surface area contributed by atoms with Gasteiger partial charge in [0.15, 0.2) is 11.2 Å². The highest BCUT2D eigenvalue weighted by Gasteiger charge is 2.28. The summed E-state index contributed by atoms with van der Waals surface area (Å²) in [5, 5.41) is 4.44. The fourth-order valence-electron chi connectivity index (χ4n) is 2.45. The number of hydrogen-bond donors (Lipinski definition) is 2. The van der Waals surface area contributed by atoms with Crippen LogP contribution in [0.25, 0.3) is 22.2 Å². The van der Waals surface area contributed by atoms with Crippen molar-refractivity contribution >= 4 is 40.1 Å². The molecule has 7 nitrogen and oxygen atoms in total. The monoisotopic (exact) mass is 394 g/mol. The molecule has 4 aromatic rings. The van der Waals surface area contributed by atoms with Crippen molar-refractivity contribution in [3.63, 3.8) is 0 Å². The van der Waals surface area contributed by atoms with Gasteiger partial charge in [0.25, 0.3) is 5.91 Å². The maximum absolute atomic E-state index is 13.2. The number of aromatic nitrogens is 2. The Morgan fingerprint density at radius 1 is 0.964 bits per heavy atom. The second-order valence-corrected chi connectivity index (χ2v) is 5.76. The Balaban J connectivity index is 1.54. The first-order chi connectivity index (χ1) is 13.3. The number of anilines is 2. The molecule has 0 fully saturated rings. The molecule has 0 unspecified atom stereocenters. The lowest BCUT2D eigenvalue weighted by Gasteiger charge is -2.07. The Morgan fingerprint density at radius 3 is 2.21 bits per heavy atom.